The fourth-order valence-corrected chi connectivity index (χ4v) is 2.43. The predicted octanol–water partition coefficient (Wildman–Crippen LogP) is 2.78. The Labute approximate surface area is 105 Å². The highest BCUT2D eigenvalue weighted by molar-refractivity contribution is 5.30. The topological polar surface area (TPSA) is 15.3 Å². The lowest BCUT2D eigenvalue weighted by Crippen LogP contribution is -2.33. The molecule has 0 aromatic heterocycles. The third-order valence-electron chi connectivity index (χ3n) is 3.60. The van der Waals surface area contributed by atoms with Crippen LogP contribution in [-0.2, 0) is 13.1 Å². The maximum absolute atomic E-state index is 3.49. The van der Waals surface area contributed by atoms with Gasteiger partial charge in [0.25, 0.3) is 0 Å². The SMILES string of the molecule is CC(C)NCCC(C)N1Cc2ccccc2C1. The van der Waals surface area contributed by atoms with E-state index in [2.05, 4.69) is 55.3 Å². The summed E-state index contributed by atoms with van der Waals surface area (Å²) < 4.78 is 0. The molecule has 1 aromatic rings. The van der Waals surface area contributed by atoms with E-state index in [4.69, 9.17) is 0 Å². The molecule has 1 aliphatic rings. The summed E-state index contributed by atoms with van der Waals surface area (Å²) in [6, 6.07) is 10.1. The van der Waals surface area contributed by atoms with E-state index in [9.17, 15) is 0 Å². The second-order valence-electron chi connectivity index (χ2n) is 5.42. The monoisotopic (exact) mass is 232 g/mol. The summed E-state index contributed by atoms with van der Waals surface area (Å²) in [6.07, 6.45) is 1.23. The summed E-state index contributed by atoms with van der Waals surface area (Å²) in [5.74, 6) is 0. The first kappa shape index (κ1) is 12.6. The number of nitrogens with one attached hydrogen (secondary N) is 1. The summed E-state index contributed by atoms with van der Waals surface area (Å²) >= 11 is 0. The molecule has 0 amide bonds. The molecule has 1 heterocycles. The summed E-state index contributed by atoms with van der Waals surface area (Å²) in [7, 11) is 0. The van der Waals surface area contributed by atoms with Crippen molar-refractivity contribution in [1.29, 1.82) is 0 Å². The average molecular weight is 232 g/mol. The fourth-order valence-electron chi connectivity index (χ4n) is 2.43. The van der Waals surface area contributed by atoms with E-state index >= 15 is 0 Å². The van der Waals surface area contributed by atoms with Crippen molar-refractivity contribution in [1.82, 2.24) is 10.2 Å². The lowest BCUT2D eigenvalue weighted by atomic mass is 10.1. The molecule has 0 aliphatic carbocycles. The number of benzene rings is 1. The molecule has 2 heteroatoms. The minimum Gasteiger partial charge on any atom is -0.314 e. The van der Waals surface area contributed by atoms with Crippen molar-refractivity contribution in [2.24, 2.45) is 0 Å². The lowest BCUT2D eigenvalue weighted by molar-refractivity contribution is 0.201. The summed E-state index contributed by atoms with van der Waals surface area (Å²) in [5, 5.41) is 3.49. The Hall–Kier alpha value is -0.860. The van der Waals surface area contributed by atoms with Crippen molar-refractivity contribution >= 4 is 0 Å². The van der Waals surface area contributed by atoms with Crippen LogP contribution in [0.1, 0.15) is 38.3 Å². The number of fused-ring (bicyclic) bond motifs is 1. The van der Waals surface area contributed by atoms with Crippen molar-refractivity contribution < 1.29 is 0 Å². The third kappa shape index (κ3) is 3.30. The number of hydrogen-bond acceptors (Lipinski definition) is 2. The molecule has 0 fully saturated rings. The Bertz CT molecular complexity index is 335. The van der Waals surface area contributed by atoms with Crippen LogP contribution < -0.4 is 5.32 Å². The molecule has 94 valence electrons. The number of rotatable bonds is 5. The zero-order valence-corrected chi connectivity index (χ0v) is 11.2. The molecule has 0 saturated heterocycles. The van der Waals surface area contributed by atoms with Crippen LogP contribution in [0.25, 0.3) is 0 Å². The molecular weight excluding hydrogens is 208 g/mol. The maximum atomic E-state index is 3.49. The molecule has 1 N–H and O–H groups in total. The lowest BCUT2D eigenvalue weighted by Gasteiger charge is -2.24. The van der Waals surface area contributed by atoms with Crippen molar-refractivity contribution in [3.8, 4) is 0 Å². The molecular formula is C15H24N2. The largest absolute Gasteiger partial charge is 0.314 e. The van der Waals surface area contributed by atoms with Gasteiger partial charge in [0.15, 0.2) is 0 Å². The first-order valence-corrected chi connectivity index (χ1v) is 6.71. The molecule has 0 radical (unpaired) electrons. The van der Waals surface area contributed by atoms with Crippen LogP contribution in [0.15, 0.2) is 24.3 Å². The minimum absolute atomic E-state index is 0.595. The van der Waals surface area contributed by atoms with Gasteiger partial charge in [0, 0.05) is 25.2 Å². The zero-order chi connectivity index (χ0) is 12.3. The van der Waals surface area contributed by atoms with E-state index in [0.717, 1.165) is 19.6 Å². The Morgan fingerprint density at radius 1 is 1.12 bits per heavy atom. The highest BCUT2D eigenvalue weighted by Crippen LogP contribution is 2.24. The van der Waals surface area contributed by atoms with Gasteiger partial charge in [0.1, 0.15) is 0 Å². The molecule has 0 bridgehead atoms. The highest BCUT2D eigenvalue weighted by atomic mass is 15.2. The zero-order valence-electron chi connectivity index (χ0n) is 11.2. The molecule has 17 heavy (non-hydrogen) atoms. The van der Waals surface area contributed by atoms with Crippen LogP contribution in [0.3, 0.4) is 0 Å². The second kappa shape index (κ2) is 5.65. The van der Waals surface area contributed by atoms with Gasteiger partial charge in [-0.15, -0.1) is 0 Å². The van der Waals surface area contributed by atoms with Crippen LogP contribution in [0.5, 0.6) is 0 Å². The second-order valence-corrected chi connectivity index (χ2v) is 5.42. The Morgan fingerprint density at radius 3 is 2.24 bits per heavy atom. The van der Waals surface area contributed by atoms with Gasteiger partial charge in [-0.05, 0) is 31.0 Å². The summed E-state index contributed by atoms with van der Waals surface area (Å²) in [4.78, 5) is 2.58. The van der Waals surface area contributed by atoms with Crippen molar-refractivity contribution in [2.75, 3.05) is 6.54 Å². The quantitative estimate of drug-likeness (QED) is 0.840. The van der Waals surface area contributed by atoms with Gasteiger partial charge in [-0.1, -0.05) is 38.1 Å². The smallest absolute Gasteiger partial charge is 0.0243 e. The van der Waals surface area contributed by atoms with E-state index in [0.29, 0.717) is 12.1 Å². The molecule has 2 rings (SSSR count). The van der Waals surface area contributed by atoms with Gasteiger partial charge >= 0.3 is 0 Å². The van der Waals surface area contributed by atoms with Crippen LogP contribution in [0.4, 0.5) is 0 Å². The maximum Gasteiger partial charge on any atom is 0.0243 e. The van der Waals surface area contributed by atoms with Crippen molar-refractivity contribution in [2.45, 2.75) is 52.4 Å². The van der Waals surface area contributed by atoms with Crippen molar-refractivity contribution in [3.63, 3.8) is 0 Å². The molecule has 1 atom stereocenters. The fraction of sp³-hybridized carbons (Fsp3) is 0.600. The van der Waals surface area contributed by atoms with E-state index < -0.39 is 0 Å². The van der Waals surface area contributed by atoms with E-state index in [-0.39, 0.29) is 0 Å². The van der Waals surface area contributed by atoms with Crippen LogP contribution in [0, 0.1) is 0 Å². The van der Waals surface area contributed by atoms with Gasteiger partial charge in [0.2, 0.25) is 0 Å². The summed E-state index contributed by atoms with van der Waals surface area (Å²) in [6.45, 7) is 10.1. The van der Waals surface area contributed by atoms with Gasteiger partial charge in [0.05, 0.1) is 0 Å². The molecule has 1 aliphatic heterocycles. The first-order chi connectivity index (χ1) is 8.16. The standard InChI is InChI=1S/C15H24N2/c1-12(2)16-9-8-13(3)17-10-14-6-4-5-7-15(14)11-17/h4-7,12-13,16H,8-11H2,1-3H3. The Kier molecular flexibility index (Phi) is 4.19. The Balaban J connectivity index is 1.81. The normalized spacial score (nSPS) is 17.4. The predicted molar refractivity (Wildman–Crippen MR) is 72.9 cm³/mol. The van der Waals surface area contributed by atoms with E-state index in [1.807, 2.05) is 0 Å². The van der Waals surface area contributed by atoms with Gasteiger partial charge < -0.3 is 5.32 Å². The summed E-state index contributed by atoms with van der Waals surface area (Å²) in [5.41, 5.74) is 3.02. The highest BCUT2D eigenvalue weighted by Gasteiger charge is 2.22. The van der Waals surface area contributed by atoms with Gasteiger partial charge in [-0.25, -0.2) is 0 Å². The van der Waals surface area contributed by atoms with Crippen LogP contribution in [0.2, 0.25) is 0 Å². The van der Waals surface area contributed by atoms with E-state index in [1.165, 1.54) is 17.5 Å². The Morgan fingerprint density at radius 2 is 1.71 bits per heavy atom. The third-order valence-corrected chi connectivity index (χ3v) is 3.60. The van der Waals surface area contributed by atoms with E-state index in [1.54, 1.807) is 0 Å². The van der Waals surface area contributed by atoms with Crippen LogP contribution >= 0.6 is 0 Å². The molecule has 0 spiro atoms. The van der Waals surface area contributed by atoms with Gasteiger partial charge in [-0.3, -0.25) is 4.90 Å². The minimum atomic E-state index is 0.595. The number of hydrogen-bond donors (Lipinski definition) is 1. The molecule has 2 nitrogen and oxygen atoms in total. The average Bonchev–Trinajstić information content (AvgIpc) is 2.71. The van der Waals surface area contributed by atoms with Crippen LogP contribution in [-0.4, -0.2) is 23.5 Å². The molecule has 0 saturated carbocycles. The van der Waals surface area contributed by atoms with Crippen molar-refractivity contribution in [3.05, 3.63) is 35.4 Å². The molecule has 1 aromatic carbocycles. The molecule has 1 unspecified atom stereocenters. The number of nitrogens with zero attached hydrogens (tertiary/aromatic N) is 1. The van der Waals surface area contributed by atoms with Gasteiger partial charge in [-0.2, -0.15) is 0 Å². The first-order valence-electron chi connectivity index (χ1n) is 6.71.